The molecular weight excluding hydrogens is 407 g/mol. The second-order valence-corrected chi connectivity index (χ2v) is 13.7. The molecule has 0 spiro atoms. The third-order valence-electron chi connectivity index (χ3n) is 6.93. The summed E-state index contributed by atoms with van der Waals surface area (Å²) in [6.07, 6.45) is 0. The van der Waals surface area contributed by atoms with Gasteiger partial charge in [-0.1, -0.05) is 0 Å². The van der Waals surface area contributed by atoms with Gasteiger partial charge in [-0.2, -0.15) is 0 Å². The van der Waals surface area contributed by atoms with Gasteiger partial charge in [-0.15, -0.1) is 0 Å². The number of hydrogen-bond acceptors (Lipinski definition) is 1. The Labute approximate surface area is 189 Å². The van der Waals surface area contributed by atoms with Gasteiger partial charge in [-0.3, -0.25) is 0 Å². The molecule has 0 N–H and O–H groups in total. The Morgan fingerprint density at radius 3 is 1.56 bits per heavy atom. The average Bonchev–Trinajstić information content (AvgIpc) is 3.21. The molecule has 3 heteroatoms. The van der Waals surface area contributed by atoms with Crippen molar-refractivity contribution in [3.05, 3.63) is 121 Å². The van der Waals surface area contributed by atoms with Crippen LogP contribution in [0.3, 0.4) is 0 Å². The molecule has 0 aliphatic rings. The first-order valence-corrected chi connectivity index (χ1v) is 13.4. The first-order valence-electron chi connectivity index (χ1n) is 10.8. The molecule has 32 heavy (non-hydrogen) atoms. The standard InChI is InChI=1S/C29H25N2P/c1-31-28-20-23(22-30)18-19-24(28)21-29(31)32(2,25-12-6-3-7-13-25,26-14-8-4-9-15-26)27-16-10-5-11-17-27/h3-21H,1-2H3. The number of nitriles is 1. The summed E-state index contributed by atoms with van der Waals surface area (Å²) in [4.78, 5) is 0. The topological polar surface area (TPSA) is 28.7 Å². The molecule has 0 saturated carbocycles. The quantitative estimate of drug-likeness (QED) is 0.374. The Morgan fingerprint density at radius 2 is 1.12 bits per heavy atom. The van der Waals surface area contributed by atoms with E-state index in [0.717, 1.165) is 10.9 Å². The second-order valence-electron chi connectivity index (χ2n) is 8.52. The summed E-state index contributed by atoms with van der Waals surface area (Å²) in [6, 6.07) is 43.4. The molecule has 0 aliphatic heterocycles. The fraction of sp³-hybridized carbons (Fsp3) is 0.0690. The van der Waals surface area contributed by atoms with Gasteiger partial charge in [-0.25, -0.2) is 0 Å². The molecule has 2 nitrogen and oxygen atoms in total. The molecule has 156 valence electrons. The van der Waals surface area contributed by atoms with Gasteiger partial charge in [-0.05, 0) is 0 Å². The van der Waals surface area contributed by atoms with Crippen molar-refractivity contribution in [1.82, 2.24) is 4.57 Å². The maximum absolute atomic E-state index is 9.49. The fourth-order valence-electron chi connectivity index (χ4n) is 5.17. The summed E-state index contributed by atoms with van der Waals surface area (Å²) in [7, 11) is 2.14. The van der Waals surface area contributed by atoms with E-state index in [1.165, 1.54) is 21.3 Å². The van der Waals surface area contributed by atoms with Gasteiger partial charge in [0.15, 0.2) is 0 Å². The molecule has 0 radical (unpaired) electrons. The number of fused-ring (bicyclic) bond motifs is 1. The molecule has 5 aromatic rings. The van der Waals surface area contributed by atoms with E-state index in [2.05, 4.69) is 127 Å². The summed E-state index contributed by atoms with van der Waals surface area (Å²) in [5.41, 5.74) is 3.04. The van der Waals surface area contributed by atoms with Gasteiger partial charge in [0.1, 0.15) is 0 Å². The third-order valence-corrected chi connectivity index (χ3v) is 13.3. The van der Waals surface area contributed by atoms with E-state index >= 15 is 0 Å². The third kappa shape index (κ3) is 2.69. The number of hydrogen-bond donors (Lipinski definition) is 0. The van der Waals surface area contributed by atoms with Crippen molar-refractivity contribution in [3.8, 4) is 6.07 Å². The van der Waals surface area contributed by atoms with Crippen molar-refractivity contribution >= 4 is 38.9 Å². The summed E-state index contributed by atoms with van der Waals surface area (Å²) >= 11 is 0. The van der Waals surface area contributed by atoms with E-state index in [1.807, 2.05) is 12.1 Å². The summed E-state index contributed by atoms with van der Waals surface area (Å²) in [6.45, 7) is -0.638. The van der Waals surface area contributed by atoms with Crippen molar-refractivity contribution in [2.24, 2.45) is 7.05 Å². The van der Waals surface area contributed by atoms with Crippen LogP contribution in [-0.2, 0) is 7.05 Å². The Hall–Kier alpha value is -3.66. The SMILES string of the molecule is Cn1c(P(C)(c2ccccc2)(c2ccccc2)c2ccccc2)cc2ccc(C#N)cc21. The number of aromatic nitrogens is 1. The van der Waals surface area contributed by atoms with Crippen molar-refractivity contribution in [2.75, 3.05) is 6.66 Å². The molecule has 0 aliphatic carbocycles. The zero-order valence-corrected chi connectivity index (χ0v) is 19.2. The van der Waals surface area contributed by atoms with Crippen LogP contribution in [0.15, 0.2) is 115 Å². The van der Waals surface area contributed by atoms with Gasteiger partial charge in [0, 0.05) is 0 Å². The molecule has 0 fully saturated rings. The monoisotopic (exact) mass is 432 g/mol. The van der Waals surface area contributed by atoms with E-state index in [9.17, 15) is 5.26 Å². The average molecular weight is 433 g/mol. The molecule has 0 amide bonds. The van der Waals surface area contributed by atoms with Crippen molar-refractivity contribution in [3.63, 3.8) is 0 Å². The Morgan fingerprint density at radius 1 is 0.656 bits per heavy atom. The summed E-state index contributed by atoms with van der Waals surface area (Å²) < 4.78 is 2.31. The fourth-order valence-corrected chi connectivity index (χ4v) is 10.9. The van der Waals surface area contributed by atoms with Crippen LogP contribution in [0.1, 0.15) is 5.56 Å². The van der Waals surface area contributed by atoms with Crippen molar-refractivity contribution < 1.29 is 0 Å². The minimum atomic E-state index is -3.10. The van der Waals surface area contributed by atoms with E-state index in [-0.39, 0.29) is 0 Å². The molecule has 0 atom stereocenters. The number of rotatable bonds is 4. The van der Waals surface area contributed by atoms with Crippen molar-refractivity contribution in [2.45, 2.75) is 0 Å². The summed E-state index contributed by atoms with van der Waals surface area (Å²) in [5.74, 6) is 0. The zero-order chi connectivity index (χ0) is 22.2. The molecule has 0 saturated heterocycles. The maximum atomic E-state index is 9.49. The first-order chi connectivity index (χ1) is 15.6. The van der Waals surface area contributed by atoms with Crippen molar-refractivity contribution in [1.29, 1.82) is 5.26 Å². The van der Waals surface area contributed by atoms with E-state index in [4.69, 9.17) is 0 Å². The van der Waals surface area contributed by atoms with Gasteiger partial charge >= 0.3 is 189 Å². The van der Waals surface area contributed by atoms with Crippen LogP contribution >= 0.6 is 6.60 Å². The van der Waals surface area contributed by atoms with Crippen LogP contribution in [0.25, 0.3) is 10.9 Å². The number of aryl methyl sites for hydroxylation is 1. The Balaban J connectivity index is 2.02. The molecular formula is C29H25N2P. The minimum absolute atomic E-state index is 0.681. The van der Waals surface area contributed by atoms with Crippen LogP contribution in [-0.4, -0.2) is 11.2 Å². The summed E-state index contributed by atoms with van der Waals surface area (Å²) in [5, 5.41) is 14.6. The number of nitrogens with zero attached hydrogens (tertiary/aromatic N) is 2. The predicted octanol–water partition coefficient (Wildman–Crippen LogP) is 4.83. The predicted molar refractivity (Wildman–Crippen MR) is 138 cm³/mol. The normalized spacial score (nSPS) is 12.7. The Bertz CT molecular complexity index is 1350. The van der Waals surface area contributed by atoms with Crippen LogP contribution in [0.4, 0.5) is 0 Å². The second kappa shape index (κ2) is 7.49. The van der Waals surface area contributed by atoms with Gasteiger partial charge in [0.05, 0.1) is 0 Å². The first kappa shape index (κ1) is 20.3. The number of benzene rings is 4. The molecule has 1 heterocycles. The molecule has 4 aromatic carbocycles. The Kier molecular flexibility index (Phi) is 4.74. The van der Waals surface area contributed by atoms with Crippen LogP contribution in [0.2, 0.25) is 0 Å². The van der Waals surface area contributed by atoms with Crippen LogP contribution < -0.4 is 21.3 Å². The van der Waals surface area contributed by atoms with E-state index < -0.39 is 6.60 Å². The molecule has 1 aromatic heterocycles. The van der Waals surface area contributed by atoms with Crippen LogP contribution in [0, 0.1) is 11.3 Å². The molecule has 0 unspecified atom stereocenters. The van der Waals surface area contributed by atoms with Crippen LogP contribution in [0.5, 0.6) is 0 Å². The van der Waals surface area contributed by atoms with Gasteiger partial charge < -0.3 is 0 Å². The van der Waals surface area contributed by atoms with Gasteiger partial charge in [0.2, 0.25) is 0 Å². The van der Waals surface area contributed by atoms with E-state index in [0.29, 0.717) is 5.56 Å². The van der Waals surface area contributed by atoms with E-state index in [1.54, 1.807) is 0 Å². The molecule has 0 bridgehead atoms. The van der Waals surface area contributed by atoms with Gasteiger partial charge in [0.25, 0.3) is 0 Å². The molecule has 5 rings (SSSR count). The zero-order valence-electron chi connectivity index (χ0n) is 18.3.